The fourth-order valence-corrected chi connectivity index (χ4v) is 1.33. The van der Waals surface area contributed by atoms with Crippen molar-refractivity contribution in [1.82, 2.24) is 0 Å². The summed E-state index contributed by atoms with van der Waals surface area (Å²) in [5.74, 6) is -0.238. The average molecular weight is 257 g/mol. The number of anilines is 2. The minimum absolute atomic E-state index is 0.0140. The second-order valence-electron chi connectivity index (χ2n) is 3.82. The zero-order valence-corrected chi connectivity index (χ0v) is 10.8. The number of benzene rings is 1. The van der Waals surface area contributed by atoms with Crippen LogP contribution in [-0.4, -0.2) is 18.6 Å². The molecule has 0 fully saturated rings. The van der Waals surface area contributed by atoms with Crippen molar-refractivity contribution in [2.24, 2.45) is 0 Å². The van der Waals surface area contributed by atoms with E-state index in [4.69, 9.17) is 22.1 Å². The number of hydrogen-bond donors (Lipinski definition) is 2. The summed E-state index contributed by atoms with van der Waals surface area (Å²) >= 11 is 5.92. The van der Waals surface area contributed by atoms with E-state index in [0.29, 0.717) is 16.4 Å². The molecule has 1 rings (SSSR count). The summed E-state index contributed by atoms with van der Waals surface area (Å²) in [7, 11) is 0. The molecule has 0 aromatic heterocycles. The van der Waals surface area contributed by atoms with Gasteiger partial charge in [-0.15, -0.1) is 0 Å². The summed E-state index contributed by atoms with van der Waals surface area (Å²) in [5, 5.41) is 3.11. The number of nitrogens with two attached hydrogens (primary N) is 1. The lowest BCUT2D eigenvalue weighted by atomic mass is 10.3. The predicted octanol–water partition coefficient (Wildman–Crippen LogP) is 2.68. The van der Waals surface area contributed by atoms with Crippen molar-refractivity contribution in [1.29, 1.82) is 0 Å². The third kappa shape index (κ3) is 4.63. The van der Waals surface area contributed by atoms with Crippen LogP contribution in [0.4, 0.5) is 11.4 Å². The highest BCUT2D eigenvalue weighted by Gasteiger charge is 2.08. The number of carbonyl (C=O) groups excluding carboxylic acids is 1. The number of amides is 1. The lowest BCUT2D eigenvalue weighted by Crippen LogP contribution is -2.21. The van der Waals surface area contributed by atoms with Gasteiger partial charge in [0.1, 0.15) is 6.61 Å². The summed E-state index contributed by atoms with van der Waals surface area (Å²) in [6, 6.07) is 4.93. The maximum atomic E-state index is 11.6. The minimum Gasteiger partial charge on any atom is -0.399 e. The molecule has 0 saturated heterocycles. The molecule has 17 heavy (non-hydrogen) atoms. The molecule has 0 aliphatic heterocycles. The first kappa shape index (κ1) is 13.8. The number of halogens is 1. The standard InChI is InChI=1S/C12H17ClN2O2/c1-3-8(2)17-7-12(16)15-11-6-9(14)4-5-10(11)13/h4-6,8H,3,7,14H2,1-2H3,(H,15,16). The summed E-state index contributed by atoms with van der Waals surface area (Å²) in [4.78, 5) is 11.6. The Hall–Kier alpha value is -1.26. The van der Waals surface area contributed by atoms with Gasteiger partial charge in [0.05, 0.1) is 16.8 Å². The van der Waals surface area contributed by atoms with Gasteiger partial charge in [0.2, 0.25) is 5.91 Å². The van der Waals surface area contributed by atoms with E-state index in [-0.39, 0.29) is 18.6 Å². The smallest absolute Gasteiger partial charge is 0.250 e. The summed E-state index contributed by atoms with van der Waals surface area (Å²) < 4.78 is 5.31. The van der Waals surface area contributed by atoms with Crippen LogP contribution < -0.4 is 11.1 Å². The van der Waals surface area contributed by atoms with Gasteiger partial charge in [0.25, 0.3) is 0 Å². The summed E-state index contributed by atoms with van der Waals surface area (Å²) in [6.07, 6.45) is 0.934. The van der Waals surface area contributed by atoms with Crippen molar-refractivity contribution in [3.05, 3.63) is 23.2 Å². The summed E-state index contributed by atoms with van der Waals surface area (Å²) in [5.41, 5.74) is 6.66. The molecule has 0 aliphatic carbocycles. The molecular formula is C12H17ClN2O2. The fraction of sp³-hybridized carbons (Fsp3) is 0.417. The Kier molecular flexibility index (Phi) is 5.25. The molecule has 5 heteroatoms. The van der Waals surface area contributed by atoms with Crippen LogP contribution in [0.2, 0.25) is 5.02 Å². The van der Waals surface area contributed by atoms with E-state index in [0.717, 1.165) is 6.42 Å². The van der Waals surface area contributed by atoms with Gasteiger partial charge in [-0.1, -0.05) is 18.5 Å². The third-order valence-electron chi connectivity index (χ3n) is 2.34. The van der Waals surface area contributed by atoms with Gasteiger partial charge in [0, 0.05) is 5.69 Å². The molecule has 94 valence electrons. The van der Waals surface area contributed by atoms with Gasteiger partial charge >= 0.3 is 0 Å². The van der Waals surface area contributed by atoms with Gasteiger partial charge in [-0.05, 0) is 31.5 Å². The van der Waals surface area contributed by atoms with Crippen LogP contribution >= 0.6 is 11.6 Å². The largest absolute Gasteiger partial charge is 0.399 e. The average Bonchev–Trinajstić information content (AvgIpc) is 2.30. The highest BCUT2D eigenvalue weighted by molar-refractivity contribution is 6.33. The normalized spacial score (nSPS) is 12.2. The topological polar surface area (TPSA) is 64.3 Å². The predicted molar refractivity (Wildman–Crippen MR) is 70.2 cm³/mol. The Bertz CT molecular complexity index is 396. The van der Waals surface area contributed by atoms with Crippen LogP contribution in [0.15, 0.2) is 18.2 Å². The highest BCUT2D eigenvalue weighted by Crippen LogP contribution is 2.23. The molecule has 1 amide bonds. The van der Waals surface area contributed by atoms with E-state index in [1.165, 1.54) is 0 Å². The number of carbonyl (C=O) groups is 1. The zero-order valence-electron chi connectivity index (χ0n) is 10.00. The Labute approximate surface area is 106 Å². The first-order valence-corrected chi connectivity index (χ1v) is 5.87. The Balaban J connectivity index is 2.53. The van der Waals surface area contributed by atoms with Crippen LogP contribution in [0.3, 0.4) is 0 Å². The van der Waals surface area contributed by atoms with E-state index in [1.807, 2.05) is 13.8 Å². The van der Waals surface area contributed by atoms with Crippen molar-refractivity contribution in [2.45, 2.75) is 26.4 Å². The molecule has 0 aliphatic rings. The van der Waals surface area contributed by atoms with Crippen LogP contribution in [0.25, 0.3) is 0 Å². The molecule has 1 aromatic rings. The van der Waals surface area contributed by atoms with Gasteiger partial charge in [-0.3, -0.25) is 4.79 Å². The molecule has 0 saturated carbocycles. The quantitative estimate of drug-likeness (QED) is 0.796. The highest BCUT2D eigenvalue weighted by atomic mass is 35.5. The molecular weight excluding hydrogens is 240 g/mol. The maximum Gasteiger partial charge on any atom is 0.250 e. The number of nitrogen functional groups attached to an aromatic ring is 1. The van der Waals surface area contributed by atoms with Crippen LogP contribution in [0.5, 0.6) is 0 Å². The van der Waals surface area contributed by atoms with E-state index in [1.54, 1.807) is 18.2 Å². The van der Waals surface area contributed by atoms with E-state index in [2.05, 4.69) is 5.32 Å². The molecule has 0 bridgehead atoms. The van der Waals surface area contributed by atoms with Crippen molar-refractivity contribution >= 4 is 28.9 Å². The van der Waals surface area contributed by atoms with Gasteiger partial charge in [-0.25, -0.2) is 0 Å². The minimum atomic E-state index is -0.238. The first-order valence-electron chi connectivity index (χ1n) is 5.49. The van der Waals surface area contributed by atoms with Crippen molar-refractivity contribution in [3.8, 4) is 0 Å². The van der Waals surface area contributed by atoms with Gasteiger partial charge in [0.15, 0.2) is 0 Å². The Morgan fingerprint density at radius 1 is 1.59 bits per heavy atom. The molecule has 1 aromatic carbocycles. The monoisotopic (exact) mass is 256 g/mol. The van der Waals surface area contributed by atoms with E-state index in [9.17, 15) is 4.79 Å². The lowest BCUT2D eigenvalue weighted by Gasteiger charge is -2.11. The van der Waals surface area contributed by atoms with Crippen LogP contribution in [0, 0.1) is 0 Å². The van der Waals surface area contributed by atoms with Gasteiger partial charge in [-0.2, -0.15) is 0 Å². The molecule has 1 unspecified atom stereocenters. The molecule has 3 N–H and O–H groups in total. The van der Waals surface area contributed by atoms with E-state index < -0.39 is 0 Å². The van der Waals surface area contributed by atoms with Crippen molar-refractivity contribution in [3.63, 3.8) is 0 Å². The third-order valence-corrected chi connectivity index (χ3v) is 2.67. The van der Waals surface area contributed by atoms with E-state index >= 15 is 0 Å². The zero-order chi connectivity index (χ0) is 12.8. The number of ether oxygens (including phenoxy) is 1. The van der Waals surface area contributed by atoms with Crippen LogP contribution in [0.1, 0.15) is 20.3 Å². The fourth-order valence-electron chi connectivity index (χ4n) is 1.16. The number of rotatable bonds is 5. The lowest BCUT2D eigenvalue weighted by molar-refractivity contribution is -0.122. The second-order valence-corrected chi connectivity index (χ2v) is 4.22. The van der Waals surface area contributed by atoms with Crippen LogP contribution in [-0.2, 0) is 9.53 Å². The van der Waals surface area contributed by atoms with Crippen molar-refractivity contribution < 1.29 is 9.53 Å². The second kappa shape index (κ2) is 6.47. The SMILES string of the molecule is CCC(C)OCC(=O)Nc1cc(N)ccc1Cl. The first-order chi connectivity index (χ1) is 8.02. The molecule has 1 atom stereocenters. The molecule has 4 nitrogen and oxygen atoms in total. The number of hydrogen-bond acceptors (Lipinski definition) is 3. The number of nitrogens with one attached hydrogen (secondary N) is 1. The Morgan fingerprint density at radius 3 is 2.94 bits per heavy atom. The molecule has 0 radical (unpaired) electrons. The molecule has 0 heterocycles. The van der Waals surface area contributed by atoms with Crippen molar-refractivity contribution in [2.75, 3.05) is 17.7 Å². The van der Waals surface area contributed by atoms with Gasteiger partial charge < -0.3 is 15.8 Å². The Morgan fingerprint density at radius 2 is 2.29 bits per heavy atom. The summed E-state index contributed by atoms with van der Waals surface area (Å²) in [6.45, 7) is 3.93. The maximum absolute atomic E-state index is 11.6. The molecule has 0 spiro atoms.